The Kier molecular flexibility index (Phi) is 6.51. The number of hydrogen-bond donors (Lipinski definition) is 3. The number of benzene rings is 2. The van der Waals surface area contributed by atoms with E-state index in [1.54, 1.807) is 7.11 Å². The first kappa shape index (κ1) is 19.3. The van der Waals surface area contributed by atoms with Crippen molar-refractivity contribution in [1.82, 2.24) is 9.97 Å². The molecule has 146 valence electrons. The fourth-order valence-corrected chi connectivity index (χ4v) is 2.51. The van der Waals surface area contributed by atoms with Gasteiger partial charge in [-0.1, -0.05) is 13.3 Å². The highest BCUT2D eigenvalue weighted by Gasteiger charge is 2.09. The molecular formula is C21H25N5O2. The first-order chi connectivity index (χ1) is 13.7. The molecule has 0 aliphatic heterocycles. The molecule has 0 atom stereocenters. The third-order valence-electron chi connectivity index (χ3n) is 4.12. The van der Waals surface area contributed by atoms with Crippen molar-refractivity contribution in [2.24, 2.45) is 0 Å². The Labute approximate surface area is 164 Å². The molecule has 0 saturated carbocycles. The molecule has 0 radical (unpaired) electrons. The number of anilines is 5. The minimum Gasteiger partial charge on any atom is -0.497 e. The fraction of sp³-hybridized carbons (Fsp3) is 0.238. The number of methoxy groups -OCH3 is 1. The second-order valence-electron chi connectivity index (χ2n) is 6.19. The van der Waals surface area contributed by atoms with Crippen molar-refractivity contribution < 1.29 is 9.47 Å². The second-order valence-corrected chi connectivity index (χ2v) is 6.19. The maximum Gasteiger partial charge on any atom is 0.159 e. The number of nitrogens with zero attached hydrogens (tertiary/aromatic N) is 2. The molecule has 1 aromatic heterocycles. The van der Waals surface area contributed by atoms with Crippen molar-refractivity contribution in [3.8, 4) is 11.5 Å². The van der Waals surface area contributed by atoms with Gasteiger partial charge in [0.15, 0.2) is 11.6 Å². The zero-order chi connectivity index (χ0) is 19.8. The summed E-state index contributed by atoms with van der Waals surface area (Å²) in [6.07, 6.45) is 3.62. The minimum atomic E-state index is 0.432. The van der Waals surface area contributed by atoms with E-state index in [1.807, 2.05) is 48.5 Å². The van der Waals surface area contributed by atoms with Gasteiger partial charge in [-0.15, -0.1) is 0 Å². The van der Waals surface area contributed by atoms with E-state index >= 15 is 0 Å². The van der Waals surface area contributed by atoms with E-state index in [4.69, 9.17) is 15.2 Å². The van der Waals surface area contributed by atoms with Crippen LogP contribution in [0.4, 0.5) is 28.7 Å². The predicted molar refractivity (Wildman–Crippen MR) is 113 cm³/mol. The van der Waals surface area contributed by atoms with E-state index in [9.17, 15) is 0 Å². The van der Waals surface area contributed by atoms with Crippen LogP contribution in [-0.2, 0) is 0 Å². The number of aromatic nitrogens is 2. The fourth-order valence-electron chi connectivity index (χ4n) is 2.51. The Balaban J connectivity index is 1.68. The van der Waals surface area contributed by atoms with E-state index in [0.29, 0.717) is 17.3 Å². The van der Waals surface area contributed by atoms with Crippen LogP contribution in [0, 0.1) is 0 Å². The van der Waals surface area contributed by atoms with Crippen molar-refractivity contribution in [1.29, 1.82) is 0 Å². The number of nitrogens with one attached hydrogen (secondary N) is 2. The molecule has 7 heteroatoms. The number of nitrogen functional groups attached to an aromatic ring is 1. The van der Waals surface area contributed by atoms with Crippen molar-refractivity contribution in [3.05, 3.63) is 54.9 Å². The molecule has 0 unspecified atom stereocenters. The molecule has 0 saturated heterocycles. The third-order valence-corrected chi connectivity index (χ3v) is 4.12. The highest BCUT2D eigenvalue weighted by Crippen LogP contribution is 2.29. The summed E-state index contributed by atoms with van der Waals surface area (Å²) < 4.78 is 10.8. The van der Waals surface area contributed by atoms with E-state index < -0.39 is 0 Å². The quantitative estimate of drug-likeness (QED) is 0.463. The summed E-state index contributed by atoms with van der Waals surface area (Å²) in [5.74, 6) is 2.69. The maximum atomic E-state index is 6.25. The zero-order valence-electron chi connectivity index (χ0n) is 16.1. The molecule has 2 aromatic carbocycles. The molecule has 3 rings (SSSR count). The Bertz CT molecular complexity index is 882. The summed E-state index contributed by atoms with van der Waals surface area (Å²) in [5.41, 5.74) is 8.40. The van der Waals surface area contributed by atoms with Gasteiger partial charge in [0, 0.05) is 11.4 Å². The number of hydrogen-bond acceptors (Lipinski definition) is 7. The summed E-state index contributed by atoms with van der Waals surface area (Å²) >= 11 is 0. The molecule has 28 heavy (non-hydrogen) atoms. The van der Waals surface area contributed by atoms with Crippen LogP contribution in [-0.4, -0.2) is 23.7 Å². The molecule has 7 nitrogen and oxygen atoms in total. The first-order valence-corrected chi connectivity index (χ1v) is 9.21. The van der Waals surface area contributed by atoms with Crippen LogP contribution in [0.3, 0.4) is 0 Å². The molecule has 1 heterocycles. The summed E-state index contributed by atoms with van der Waals surface area (Å²) in [6.45, 7) is 2.86. The number of nitrogens with two attached hydrogens (primary N) is 1. The Morgan fingerprint density at radius 3 is 1.89 bits per heavy atom. The molecule has 0 amide bonds. The van der Waals surface area contributed by atoms with Crippen molar-refractivity contribution in [3.63, 3.8) is 0 Å². The average Bonchev–Trinajstić information content (AvgIpc) is 2.73. The van der Waals surface area contributed by atoms with Crippen LogP contribution >= 0.6 is 0 Å². The van der Waals surface area contributed by atoms with Crippen LogP contribution in [0.25, 0.3) is 0 Å². The Hall–Kier alpha value is -3.48. The lowest BCUT2D eigenvalue weighted by Gasteiger charge is -2.13. The molecule has 0 aliphatic carbocycles. The SMILES string of the molecule is CCCCOc1ccc(Nc2ncnc(Nc3ccc(OC)cc3)c2N)cc1. The monoisotopic (exact) mass is 379 g/mol. The number of ether oxygens (including phenoxy) is 2. The van der Waals surface area contributed by atoms with Gasteiger partial charge in [-0.25, -0.2) is 9.97 Å². The Morgan fingerprint density at radius 1 is 0.857 bits per heavy atom. The highest BCUT2D eigenvalue weighted by atomic mass is 16.5. The first-order valence-electron chi connectivity index (χ1n) is 9.21. The summed E-state index contributed by atoms with van der Waals surface area (Å²) in [7, 11) is 1.63. The molecule has 0 bridgehead atoms. The van der Waals surface area contributed by atoms with Crippen molar-refractivity contribution in [2.75, 3.05) is 30.1 Å². The average molecular weight is 379 g/mol. The lowest BCUT2D eigenvalue weighted by Crippen LogP contribution is -2.05. The molecule has 4 N–H and O–H groups in total. The second kappa shape index (κ2) is 9.45. The maximum absolute atomic E-state index is 6.25. The third kappa shape index (κ3) is 5.03. The van der Waals surface area contributed by atoms with E-state index in [2.05, 4.69) is 27.5 Å². The molecular weight excluding hydrogens is 354 g/mol. The highest BCUT2D eigenvalue weighted by molar-refractivity contribution is 5.80. The van der Waals surface area contributed by atoms with Crippen LogP contribution in [0.15, 0.2) is 54.9 Å². The number of unbranched alkanes of at least 4 members (excludes halogenated alkanes) is 1. The lowest BCUT2D eigenvalue weighted by atomic mass is 10.3. The van der Waals surface area contributed by atoms with Crippen LogP contribution in [0.1, 0.15) is 19.8 Å². The Morgan fingerprint density at radius 2 is 1.39 bits per heavy atom. The standard InChI is InChI=1S/C21H25N5O2/c1-3-4-13-28-18-11-7-16(8-12-18)26-21-19(22)20(23-14-24-21)25-15-5-9-17(27-2)10-6-15/h5-12,14H,3-4,13,22H2,1-2H3,(H2,23,24,25,26). The molecule has 0 aliphatic rings. The topological polar surface area (TPSA) is 94.3 Å². The summed E-state index contributed by atoms with van der Waals surface area (Å²) in [5, 5.41) is 6.42. The van der Waals surface area contributed by atoms with E-state index in [0.717, 1.165) is 42.3 Å². The van der Waals surface area contributed by atoms with Crippen molar-refractivity contribution in [2.45, 2.75) is 19.8 Å². The molecule has 0 spiro atoms. The van der Waals surface area contributed by atoms with Crippen LogP contribution in [0.5, 0.6) is 11.5 Å². The number of rotatable bonds is 9. The van der Waals surface area contributed by atoms with Gasteiger partial charge < -0.3 is 25.8 Å². The van der Waals surface area contributed by atoms with Crippen molar-refractivity contribution >= 4 is 28.7 Å². The van der Waals surface area contributed by atoms with Gasteiger partial charge in [-0.2, -0.15) is 0 Å². The zero-order valence-corrected chi connectivity index (χ0v) is 16.1. The summed E-state index contributed by atoms with van der Waals surface area (Å²) in [6, 6.07) is 15.2. The normalized spacial score (nSPS) is 10.4. The molecule has 3 aromatic rings. The van der Waals surface area contributed by atoms with Gasteiger partial charge >= 0.3 is 0 Å². The van der Waals surface area contributed by atoms with Crippen LogP contribution < -0.4 is 25.8 Å². The van der Waals surface area contributed by atoms with Crippen LogP contribution in [0.2, 0.25) is 0 Å². The lowest BCUT2D eigenvalue weighted by molar-refractivity contribution is 0.309. The van der Waals surface area contributed by atoms with Gasteiger partial charge in [0.1, 0.15) is 23.5 Å². The van der Waals surface area contributed by atoms with Gasteiger partial charge in [-0.05, 0) is 55.0 Å². The minimum absolute atomic E-state index is 0.432. The van der Waals surface area contributed by atoms with Gasteiger partial charge in [-0.3, -0.25) is 0 Å². The summed E-state index contributed by atoms with van der Waals surface area (Å²) in [4.78, 5) is 8.48. The van der Waals surface area contributed by atoms with E-state index in [-0.39, 0.29) is 0 Å². The van der Waals surface area contributed by atoms with E-state index in [1.165, 1.54) is 6.33 Å². The predicted octanol–water partition coefficient (Wildman–Crippen LogP) is 4.73. The largest absolute Gasteiger partial charge is 0.497 e. The smallest absolute Gasteiger partial charge is 0.159 e. The van der Waals surface area contributed by atoms with Gasteiger partial charge in [0.2, 0.25) is 0 Å². The van der Waals surface area contributed by atoms with Gasteiger partial charge in [0.25, 0.3) is 0 Å². The molecule has 0 fully saturated rings. The van der Waals surface area contributed by atoms with Gasteiger partial charge in [0.05, 0.1) is 13.7 Å².